The molecule has 0 saturated carbocycles. The maximum Gasteiger partial charge on any atom is 0.227 e. The van der Waals surface area contributed by atoms with Crippen LogP contribution in [-0.4, -0.2) is 35.8 Å². The fourth-order valence-electron chi connectivity index (χ4n) is 2.60. The first-order valence-electron chi connectivity index (χ1n) is 7.64. The minimum absolute atomic E-state index is 0.133. The van der Waals surface area contributed by atoms with E-state index in [9.17, 15) is 9.59 Å². The van der Waals surface area contributed by atoms with Crippen LogP contribution in [0.25, 0.3) is 0 Å². The number of likely N-dealkylation sites (tertiary alicyclic amines) is 1. The lowest BCUT2D eigenvalue weighted by molar-refractivity contribution is -0.131. The van der Waals surface area contributed by atoms with Crippen LogP contribution in [0.1, 0.15) is 38.0 Å². The van der Waals surface area contributed by atoms with Gasteiger partial charge in [-0.25, -0.2) is 0 Å². The number of hydrogen-bond acceptors (Lipinski definition) is 3. The summed E-state index contributed by atoms with van der Waals surface area (Å²) in [5.74, 6) is 0.718. The fourth-order valence-corrected chi connectivity index (χ4v) is 3.30. The fraction of sp³-hybridized carbons (Fsp3) is 0.625. The first-order valence-corrected chi connectivity index (χ1v) is 8.52. The molecule has 0 radical (unpaired) electrons. The van der Waals surface area contributed by atoms with E-state index in [1.807, 2.05) is 36.3 Å². The first-order chi connectivity index (χ1) is 10.0. The highest BCUT2D eigenvalue weighted by Gasteiger charge is 2.24. The van der Waals surface area contributed by atoms with Crippen LogP contribution >= 0.6 is 11.3 Å². The van der Waals surface area contributed by atoms with Crippen LogP contribution in [0, 0.1) is 5.92 Å². The van der Waals surface area contributed by atoms with Crippen molar-refractivity contribution >= 4 is 23.2 Å². The van der Waals surface area contributed by atoms with E-state index in [1.54, 1.807) is 11.3 Å². The van der Waals surface area contributed by atoms with Crippen molar-refractivity contribution in [3.8, 4) is 0 Å². The molecule has 0 bridgehead atoms. The Morgan fingerprint density at radius 3 is 2.67 bits per heavy atom. The smallest absolute Gasteiger partial charge is 0.227 e. The summed E-state index contributed by atoms with van der Waals surface area (Å²) in [5.41, 5.74) is 0. The third-order valence-corrected chi connectivity index (χ3v) is 4.59. The van der Waals surface area contributed by atoms with Gasteiger partial charge in [-0.1, -0.05) is 19.9 Å². The van der Waals surface area contributed by atoms with Gasteiger partial charge in [-0.3, -0.25) is 9.59 Å². The molecule has 2 amide bonds. The second-order valence-corrected chi connectivity index (χ2v) is 7.11. The minimum Gasteiger partial charge on any atom is -0.353 e. The van der Waals surface area contributed by atoms with Gasteiger partial charge in [0.25, 0.3) is 0 Å². The number of carbonyl (C=O) groups excluding carboxylic acids is 2. The summed E-state index contributed by atoms with van der Waals surface area (Å²) >= 11 is 1.63. The number of nitrogens with one attached hydrogen (secondary N) is 1. The van der Waals surface area contributed by atoms with Crippen molar-refractivity contribution < 1.29 is 9.59 Å². The predicted molar refractivity (Wildman–Crippen MR) is 85.2 cm³/mol. The van der Waals surface area contributed by atoms with Gasteiger partial charge in [-0.2, -0.15) is 0 Å². The SMILES string of the molecule is CC(C)CC(=O)NC1CCN(C(=O)Cc2cccs2)CC1. The summed E-state index contributed by atoms with van der Waals surface area (Å²) in [7, 11) is 0. The molecule has 1 aliphatic heterocycles. The molecule has 1 fully saturated rings. The highest BCUT2D eigenvalue weighted by Crippen LogP contribution is 2.15. The van der Waals surface area contributed by atoms with Crippen LogP contribution in [0.2, 0.25) is 0 Å². The van der Waals surface area contributed by atoms with Crippen LogP contribution in [-0.2, 0) is 16.0 Å². The quantitative estimate of drug-likeness (QED) is 0.908. The molecule has 116 valence electrons. The van der Waals surface area contributed by atoms with Gasteiger partial charge in [0, 0.05) is 30.4 Å². The largest absolute Gasteiger partial charge is 0.353 e. The molecular formula is C16H24N2O2S. The van der Waals surface area contributed by atoms with Gasteiger partial charge in [0.1, 0.15) is 0 Å². The molecular weight excluding hydrogens is 284 g/mol. The van der Waals surface area contributed by atoms with Gasteiger partial charge in [-0.15, -0.1) is 11.3 Å². The second-order valence-electron chi connectivity index (χ2n) is 6.08. The van der Waals surface area contributed by atoms with E-state index in [0.29, 0.717) is 18.8 Å². The van der Waals surface area contributed by atoms with Crippen molar-refractivity contribution in [3.05, 3.63) is 22.4 Å². The summed E-state index contributed by atoms with van der Waals surface area (Å²) in [6.07, 6.45) is 2.81. The summed E-state index contributed by atoms with van der Waals surface area (Å²) < 4.78 is 0. The van der Waals surface area contributed by atoms with E-state index in [4.69, 9.17) is 0 Å². The van der Waals surface area contributed by atoms with Gasteiger partial charge >= 0.3 is 0 Å². The molecule has 5 heteroatoms. The summed E-state index contributed by atoms with van der Waals surface area (Å²) in [5, 5.41) is 5.08. The van der Waals surface area contributed by atoms with Crippen LogP contribution in [0.3, 0.4) is 0 Å². The van der Waals surface area contributed by atoms with Crippen molar-refractivity contribution in [3.63, 3.8) is 0 Å². The average Bonchev–Trinajstić information content (AvgIpc) is 2.91. The summed E-state index contributed by atoms with van der Waals surface area (Å²) in [4.78, 5) is 27.0. The minimum atomic E-state index is 0.133. The summed E-state index contributed by atoms with van der Waals surface area (Å²) in [6.45, 7) is 5.59. The molecule has 0 unspecified atom stereocenters. The van der Waals surface area contributed by atoms with Crippen molar-refractivity contribution in [1.29, 1.82) is 0 Å². The molecule has 1 saturated heterocycles. The predicted octanol–water partition coefficient (Wildman–Crippen LogP) is 2.44. The molecule has 2 rings (SSSR count). The van der Waals surface area contributed by atoms with Crippen molar-refractivity contribution in [2.75, 3.05) is 13.1 Å². The van der Waals surface area contributed by atoms with E-state index in [-0.39, 0.29) is 17.9 Å². The Bertz CT molecular complexity index is 463. The maximum absolute atomic E-state index is 12.2. The van der Waals surface area contributed by atoms with Gasteiger partial charge in [0.15, 0.2) is 0 Å². The molecule has 0 aromatic carbocycles. The molecule has 1 aromatic heterocycles. The Morgan fingerprint density at radius 1 is 1.38 bits per heavy atom. The second kappa shape index (κ2) is 7.59. The Hall–Kier alpha value is -1.36. The van der Waals surface area contributed by atoms with E-state index in [1.165, 1.54) is 0 Å². The number of rotatable bonds is 5. The normalized spacial score (nSPS) is 16.2. The molecule has 1 N–H and O–H groups in total. The Labute approximate surface area is 130 Å². The van der Waals surface area contributed by atoms with Crippen LogP contribution in [0.15, 0.2) is 17.5 Å². The van der Waals surface area contributed by atoms with Crippen molar-refractivity contribution in [1.82, 2.24) is 10.2 Å². The van der Waals surface area contributed by atoms with Gasteiger partial charge in [0.05, 0.1) is 6.42 Å². The topological polar surface area (TPSA) is 49.4 Å². The van der Waals surface area contributed by atoms with Gasteiger partial charge in [-0.05, 0) is 30.2 Å². The van der Waals surface area contributed by atoms with Crippen LogP contribution in [0.4, 0.5) is 0 Å². The van der Waals surface area contributed by atoms with E-state index in [0.717, 1.165) is 30.8 Å². The van der Waals surface area contributed by atoms with E-state index >= 15 is 0 Å². The first kappa shape index (κ1) is 16.0. The average molecular weight is 308 g/mol. The number of carbonyl (C=O) groups is 2. The molecule has 1 aromatic rings. The molecule has 0 spiro atoms. The van der Waals surface area contributed by atoms with Crippen molar-refractivity contribution in [2.24, 2.45) is 5.92 Å². The Morgan fingerprint density at radius 2 is 2.10 bits per heavy atom. The number of thiophene rings is 1. The van der Waals surface area contributed by atoms with E-state index < -0.39 is 0 Å². The van der Waals surface area contributed by atoms with Crippen molar-refractivity contribution in [2.45, 2.75) is 45.6 Å². The Kier molecular flexibility index (Phi) is 5.79. The lowest BCUT2D eigenvalue weighted by atomic mass is 10.0. The number of amides is 2. The van der Waals surface area contributed by atoms with Gasteiger partial charge < -0.3 is 10.2 Å². The molecule has 4 nitrogen and oxygen atoms in total. The molecule has 2 heterocycles. The zero-order valence-electron chi connectivity index (χ0n) is 12.8. The highest BCUT2D eigenvalue weighted by molar-refractivity contribution is 7.10. The lowest BCUT2D eigenvalue weighted by Crippen LogP contribution is -2.47. The molecule has 0 aliphatic carbocycles. The van der Waals surface area contributed by atoms with Gasteiger partial charge in [0.2, 0.25) is 11.8 Å². The Balaban J connectivity index is 1.72. The monoisotopic (exact) mass is 308 g/mol. The third-order valence-electron chi connectivity index (χ3n) is 3.71. The zero-order chi connectivity index (χ0) is 15.2. The zero-order valence-corrected chi connectivity index (χ0v) is 13.6. The van der Waals surface area contributed by atoms with Crippen LogP contribution < -0.4 is 5.32 Å². The molecule has 0 atom stereocenters. The maximum atomic E-state index is 12.2. The highest BCUT2D eigenvalue weighted by atomic mass is 32.1. The number of hydrogen-bond donors (Lipinski definition) is 1. The third kappa shape index (κ3) is 5.16. The number of piperidine rings is 1. The molecule has 1 aliphatic rings. The standard InChI is InChI=1S/C16H24N2O2S/c1-12(2)10-15(19)17-13-5-7-18(8-6-13)16(20)11-14-4-3-9-21-14/h3-4,9,12-13H,5-8,10-11H2,1-2H3,(H,17,19). The van der Waals surface area contributed by atoms with E-state index in [2.05, 4.69) is 5.32 Å². The van der Waals surface area contributed by atoms with Crippen LogP contribution in [0.5, 0.6) is 0 Å². The lowest BCUT2D eigenvalue weighted by Gasteiger charge is -2.32. The summed E-state index contributed by atoms with van der Waals surface area (Å²) in [6, 6.07) is 4.20. The number of nitrogens with zero attached hydrogens (tertiary/aromatic N) is 1. The molecule has 21 heavy (non-hydrogen) atoms.